The zero-order chi connectivity index (χ0) is 25.4. The standard InChI is InChI=1S/C27H23F3N2O4/c1-35-20-4-2-3-17(13-20)21-7-5-18(14-22(21)27(28,29)30)25-31-23-15-19(6-8-24(23)36-25)32-11-9-16(10-12-32)26(33)34/h2-8,13-16H,9-12H2,1H3,(H,33,34). The van der Waals surface area contributed by atoms with Crippen LogP contribution in [0.5, 0.6) is 5.75 Å². The van der Waals surface area contributed by atoms with E-state index in [0.29, 0.717) is 48.3 Å². The van der Waals surface area contributed by atoms with E-state index in [0.717, 1.165) is 11.8 Å². The summed E-state index contributed by atoms with van der Waals surface area (Å²) in [7, 11) is 1.46. The Morgan fingerprint density at radius 1 is 1.06 bits per heavy atom. The Bertz CT molecular complexity index is 1420. The van der Waals surface area contributed by atoms with Gasteiger partial charge in [-0.15, -0.1) is 0 Å². The van der Waals surface area contributed by atoms with E-state index >= 15 is 0 Å². The first-order chi connectivity index (χ1) is 17.2. The summed E-state index contributed by atoms with van der Waals surface area (Å²) >= 11 is 0. The molecule has 1 aliphatic rings. The van der Waals surface area contributed by atoms with Crippen molar-refractivity contribution in [3.05, 3.63) is 66.2 Å². The summed E-state index contributed by atoms with van der Waals surface area (Å²) in [6.45, 7) is 1.21. The summed E-state index contributed by atoms with van der Waals surface area (Å²) in [6.07, 6.45) is -3.48. The van der Waals surface area contributed by atoms with E-state index in [1.807, 2.05) is 12.1 Å². The van der Waals surface area contributed by atoms with Gasteiger partial charge in [-0.05, 0) is 66.4 Å². The van der Waals surface area contributed by atoms with Crippen molar-refractivity contribution < 1.29 is 32.2 Å². The number of aromatic nitrogens is 1. The highest BCUT2D eigenvalue weighted by molar-refractivity contribution is 5.81. The minimum Gasteiger partial charge on any atom is -0.497 e. The number of anilines is 1. The molecule has 0 spiro atoms. The van der Waals surface area contributed by atoms with E-state index in [1.165, 1.54) is 13.2 Å². The number of methoxy groups -OCH3 is 1. The van der Waals surface area contributed by atoms with Crippen molar-refractivity contribution in [2.45, 2.75) is 19.0 Å². The van der Waals surface area contributed by atoms with E-state index in [2.05, 4.69) is 9.88 Å². The summed E-state index contributed by atoms with van der Waals surface area (Å²) in [5.41, 5.74) is 1.70. The predicted octanol–water partition coefficient (Wildman–Crippen LogP) is 6.49. The molecule has 0 atom stereocenters. The third-order valence-corrected chi connectivity index (χ3v) is 6.53. The van der Waals surface area contributed by atoms with E-state index in [1.54, 1.807) is 36.4 Å². The molecule has 6 nitrogen and oxygen atoms in total. The lowest BCUT2D eigenvalue weighted by Gasteiger charge is -2.31. The molecule has 0 radical (unpaired) electrons. The lowest BCUT2D eigenvalue weighted by molar-refractivity contribution is -0.142. The Morgan fingerprint density at radius 2 is 1.83 bits per heavy atom. The average molecular weight is 496 g/mol. The van der Waals surface area contributed by atoms with Gasteiger partial charge in [0.1, 0.15) is 11.3 Å². The van der Waals surface area contributed by atoms with Gasteiger partial charge in [-0.25, -0.2) is 4.98 Å². The molecule has 5 rings (SSSR count). The number of carbonyl (C=O) groups is 1. The fraction of sp³-hybridized carbons (Fsp3) is 0.259. The van der Waals surface area contributed by atoms with Gasteiger partial charge in [0.15, 0.2) is 5.58 Å². The fourth-order valence-electron chi connectivity index (χ4n) is 4.57. The third kappa shape index (κ3) is 4.60. The van der Waals surface area contributed by atoms with Crippen LogP contribution in [-0.4, -0.2) is 36.3 Å². The maximum Gasteiger partial charge on any atom is 0.417 e. The third-order valence-electron chi connectivity index (χ3n) is 6.53. The van der Waals surface area contributed by atoms with Crippen LogP contribution in [0.15, 0.2) is 65.1 Å². The number of carboxylic acids is 1. The molecule has 36 heavy (non-hydrogen) atoms. The van der Waals surface area contributed by atoms with Crippen molar-refractivity contribution in [1.82, 2.24) is 4.98 Å². The minimum atomic E-state index is -4.59. The average Bonchev–Trinajstić information content (AvgIpc) is 3.31. The predicted molar refractivity (Wildman–Crippen MR) is 129 cm³/mol. The van der Waals surface area contributed by atoms with Crippen molar-refractivity contribution in [3.8, 4) is 28.3 Å². The highest BCUT2D eigenvalue weighted by Gasteiger charge is 2.34. The molecule has 1 fully saturated rings. The molecule has 186 valence electrons. The number of hydrogen-bond donors (Lipinski definition) is 1. The largest absolute Gasteiger partial charge is 0.497 e. The zero-order valence-corrected chi connectivity index (χ0v) is 19.4. The molecule has 0 aliphatic carbocycles. The van der Waals surface area contributed by atoms with Crippen LogP contribution >= 0.6 is 0 Å². The van der Waals surface area contributed by atoms with Crippen molar-refractivity contribution in [2.24, 2.45) is 5.92 Å². The van der Waals surface area contributed by atoms with Crippen LogP contribution in [0.1, 0.15) is 18.4 Å². The van der Waals surface area contributed by atoms with Crippen LogP contribution in [0.3, 0.4) is 0 Å². The highest BCUT2D eigenvalue weighted by Crippen LogP contribution is 2.40. The Hall–Kier alpha value is -4.01. The van der Waals surface area contributed by atoms with Gasteiger partial charge in [0.2, 0.25) is 5.89 Å². The van der Waals surface area contributed by atoms with Crippen LogP contribution in [0.2, 0.25) is 0 Å². The lowest BCUT2D eigenvalue weighted by Crippen LogP contribution is -2.36. The molecule has 1 N–H and O–H groups in total. The number of oxazole rings is 1. The maximum absolute atomic E-state index is 14.0. The number of halogens is 3. The van der Waals surface area contributed by atoms with Gasteiger partial charge in [0.25, 0.3) is 0 Å². The summed E-state index contributed by atoms with van der Waals surface area (Å²) in [6, 6.07) is 15.9. The molecule has 3 aromatic carbocycles. The number of nitrogens with zero attached hydrogens (tertiary/aromatic N) is 2. The second-order valence-electron chi connectivity index (χ2n) is 8.76. The molecule has 9 heteroatoms. The lowest BCUT2D eigenvalue weighted by atomic mass is 9.96. The Labute approximate surface area is 204 Å². The first kappa shape index (κ1) is 23.7. The van der Waals surface area contributed by atoms with Crippen molar-refractivity contribution in [3.63, 3.8) is 0 Å². The van der Waals surface area contributed by atoms with Crippen LogP contribution < -0.4 is 9.64 Å². The van der Waals surface area contributed by atoms with Crippen molar-refractivity contribution in [2.75, 3.05) is 25.1 Å². The number of benzene rings is 3. The van der Waals surface area contributed by atoms with Gasteiger partial charge in [-0.1, -0.05) is 18.2 Å². The highest BCUT2D eigenvalue weighted by atomic mass is 19.4. The van der Waals surface area contributed by atoms with E-state index < -0.39 is 17.7 Å². The van der Waals surface area contributed by atoms with Gasteiger partial charge >= 0.3 is 12.1 Å². The molecular formula is C27H23F3N2O4. The summed E-state index contributed by atoms with van der Waals surface area (Å²) in [5, 5.41) is 9.21. The Kier molecular flexibility index (Phi) is 6.07. The molecule has 0 unspecified atom stereocenters. The molecule has 1 saturated heterocycles. The number of carboxylic acid groups (broad SMARTS) is 1. The van der Waals surface area contributed by atoms with Crippen LogP contribution in [-0.2, 0) is 11.0 Å². The number of hydrogen-bond acceptors (Lipinski definition) is 5. The van der Waals surface area contributed by atoms with Gasteiger partial charge < -0.3 is 19.2 Å². The molecule has 1 aliphatic heterocycles. The quantitative estimate of drug-likeness (QED) is 0.340. The second kappa shape index (κ2) is 9.22. The van der Waals surface area contributed by atoms with E-state index in [4.69, 9.17) is 9.15 Å². The number of fused-ring (bicyclic) bond motifs is 1. The van der Waals surface area contributed by atoms with Crippen LogP contribution in [0.4, 0.5) is 18.9 Å². The number of aliphatic carboxylic acids is 1. The molecular weight excluding hydrogens is 473 g/mol. The SMILES string of the molecule is COc1cccc(-c2ccc(-c3nc4cc(N5CCC(C(=O)O)CC5)ccc4o3)cc2C(F)(F)F)c1. The van der Waals surface area contributed by atoms with Crippen molar-refractivity contribution >= 4 is 22.8 Å². The number of rotatable bonds is 5. The van der Waals surface area contributed by atoms with E-state index in [9.17, 15) is 23.1 Å². The molecule has 2 heterocycles. The minimum absolute atomic E-state index is 0.0355. The van der Waals surface area contributed by atoms with Gasteiger partial charge in [-0.2, -0.15) is 13.2 Å². The summed E-state index contributed by atoms with van der Waals surface area (Å²) in [5.74, 6) is -0.561. The van der Waals surface area contributed by atoms with Crippen LogP contribution in [0, 0.1) is 5.92 Å². The smallest absolute Gasteiger partial charge is 0.417 e. The molecule has 4 aromatic rings. The first-order valence-electron chi connectivity index (χ1n) is 11.5. The normalized spacial score (nSPS) is 14.8. The molecule has 0 bridgehead atoms. The Morgan fingerprint density at radius 3 is 2.53 bits per heavy atom. The number of piperidine rings is 1. The second-order valence-corrected chi connectivity index (χ2v) is 8.76. The van der Waals surface area contributed by atoms with Gasteiger partial charge in [-0.3, -0.25) is 4.79 Å². The molecule has 1 aromatic heterocycles. The fourth-order valence-corrected chi connectivity index (χ4v) is 4.57. The Balaban J connectivity index is 1.47. The van der Waals surface area contributed by atoms with E-state index in [-0.39, 0.29) is 22.9 Å². The van der Waals surface area contributed by atoms with Crippen LogP contribution in [0.25, 0.3) is 33.7 Å². The topological polar surface area (TPSA) is 75.8 Å². The van der Waals surface area contributed by atoms with Gasteiger partial charge in [0.05, 0.1) is 18.6 Å². The zero-order valence-electron chi connectivity index (χ0n) is 19.4. The number of alkyl halides is 3. The summed E-state index contributed by atoms with van der Waals surface area (Å²) < 4.78 is 53.0. The monoisotopic (exact) mass is 496 g/mol. The van der Waals surface area contributed by atoms with Gasteiger partial charge in [0, 0.05) is 24.3 Å². The van der Waals surface area contributed by atoms with Crippen molar-refractivity contribution in [1.29, 1.82) is 0 Å². The summed E-state index contributed by atoms with van der Waals surface area (Å²) in [4.78, 5) is 17.8. The molecule has 0 saturated carbocycles. The first-order valence-corrected chi connectivity index (χ1v) is 11.5. The maximum atomic E-state index is 14.0. The molecule has 0 amide bonds. The number of ether oxygens (including phenoxy) is 1.